The Bertz CT molecular complexity index is 469. The molecule has 1 amide bonds. The van der Waals surface area contributed by atoms with Gasteiger partial charge in [-0.15, -0.1) is 5.10 Å². The Morgan fingerprint density at radius 3 is 2.87 bits per heavy atom. The molecule has 1 aromatic heterocycles. The van der Waals surface area contributed by atoms with E-state index in [9.17, 15) is 4.79 Å². The molecule has 0 spiro atoms. The van der Waals surface area contributed by atoms with Crippen molar-refractivity contribution in [1.29, 1.82) is 0 Å². The van der Waals surface area contributed by atoms with Gasteiger partial charge in [-0.1, -0.05) is 12.1 Å². The van der Waals surface area contributed by atoms with Crippen molar-refractivity contribution >= 4 is 34.3 Å². The second-order valence-electron chi connectivity index (χ2n) is 2.79. The molecular weight excluding hydrogens is 307 g/mol. The molecule has 0 atom stereocenters. The highest BCUT2D eigenvalue weighted by Crippen LogP contribution is 2.12. The Balaban J connectivity index is 2.19. The summed E-state index contributed by atoms with van der Waals surface area (Å²) < 4.78 is 0.899. The van der Waals surface area contributed by atoms with Gasteiger partial charge in [-0.3, -0.25) is 4.79 Å². The number of nitrogens with one attached hydrogen (secondary N) is 2. The third-order valence-corrected chi connectivity index (χ3v) is 2.72. The number of anilines is 1. The van der Waals surface area contributed by atoms with Crippen LogP contribution in [0.25, 0.3) is 0 Å². The van der Waals surface area contributed by atoms with Crippen LogP contribution in [0.2, 0.25) is 0 Å². The monoisotopic (exact) mass is 314 g/mol. The standard InChI is InChI=1S/C9H7IN4O/c10-7-4-2-1-3-6(7)9(15)12-8-5-11-14-13-8/h1-5H,(H2,11,12,13,14,15). The molecule has 1 aromatic carbocycles. The summed E-state index contributed by atoms with van der Waals surface area (Å²) in [6.07, 6.45) is 1.45. The number of H-pyrrole nitrogens is 1. The van der Waals surface area contributed by atoms with Gasteiger partial charge < -0.3 is 5.32 Å². The van der Waals surface area contributed by atoms with Crippen molar-refractivity contribution in [1.82, 2.24) is 15.4 Å². The van der Waals surface area contributed by atoms with E-state index in [1.165, 1.54) is 6.20 Å². The van der Waals surface area contributed by atoms with Gasteiger partial charge in [0, 0.05) is 3.57 Å². The van der Waals surface area contributed by atoms with Crippen molar-refractivity contribution in [3.63, 3.8) is 0 Å². The van der Waals surface area contributed by atoms with Crippen molar-refractivity contribution in [2.24, 2.45) is 0 Å². The highest BCUT2D eigenvalue weighted by molar-refractivity contribution is 14.1. The molecule has 1 heterocycles. The molecule has 2 aromatic rings. The highest BCUT2D eigenvalue weighted by Gasteiger charge is 2.09. The van der Waals surface area contributed by atoms with E-state index in [1.54, 1.807) is 6.07 Å². The van der Waals surface area contributed by atoms with E-state index < -0.39 is 0 Å². The maximum absolute atomic E-state index is 11.7. The number of hydrogen-bond acceptors (Lipinski definition) is 3. The summed E-state index contributed by atoms with van der Waals surface area (Å²) in [5, 5.41) is 12.4. The molecule has 0 fully saturated rings. The number of carbonyl (C=O) groups excluding carboxylic acids is 1. The predicted octanol–water partition coefficient (Wildman–Crippen LogP) is 1.66. The van der Waals surface area contributed by atoms with Gasteiger partial charge in [0.25, 0.3) is 5.91 Å². The molecule has 0 aliphatic heterocycles. The zero-order valence-electron chi connectivity index (χ0n) is 7.57. The summed E-state index contributed by atoms with van der Waals surface area (Å²) in [4.78, 5) is 11.7. The Hall–Kier alpha value is -1.44. The number of hydrogen-bond donors (Lipinski definition) is 2. The van der Waals surface area contributed by atoms with Crippen LogP contribution < -0.4 is 5.32 Å². The molecule has 0 aliphatic carbocycles. The molecule has 6 heteroatoms. The minimum absolute atomic E-state index is 0.186. The fourth-order valence-electron chi connectivity index (χ4n) is 1.09. The van der Waals surface area contributed by atoms with Gasteiger partial charge in [0.2, 0.25) is 0 Å². The number of carbonyl (C=O) groups is 1. The van der Waals surface area contributed by atoms with Crippen molar-refractivity contribution in [3.8, 4) is 0 Å². The average molecular weight is 314 g/mol. The molecule has 0 saturated heterocycles. The van der Waals surface area contributed by atoms with Crippen molar-refractivity contribution in [2.45, 2.75) is 0 Å². The second-order valence-corrected chi connectivity index (χ2v) is 3.95. The topological polar surface area (TPSA) is 70.7 Å². The summed E-state index contributed by atoms with van der Waals surface area (Å²) in [6, 6.07) is 7.34. The minimum atomic E-state index is -0.186. The van der Waals surface area contributed by atoms with E-state index in [1.807, 2.05) is 18.2 Å². The lowest BCUT2D eigenvalue weighted by Gasteiger charge is -2.02. The van der Waals surface area contributed by atoms with Crippen LogP contribution in [-0.2, 0) is 0 Å². The molecule has 0 unspecified atom stereocenters. The van der Waals surface area contributed by atoms with Gasteiger partial charge in [0.15, 0.2) is 5.82 Å². The zero-order chi connectivity index (χ0) is 10.7. The SMILES string of the molecule is O=C(Nc1cn[nH]n1)c1ccccc1I. The number of amides is 1. The fraction of sp³-hybridized carbons (Fsp3) is 0. The molecule has 5 nitrogen and oxygen atoms in total. The van der Waals surface area contributed by atoms with E-state index in [0.717, 1.165) is 3.57 Å². The Kier molecular flexibility index (Phi) is 2.95. The molecule has 0 aliphatic rings. The van der Waals surface area contributed by atoms with Crippen LogP contribution >= 0.6 is 22.6 Å². The first-order valence-corrected chi connectivity index (χ1v) is 5.27. The first-order chi connectivity index (χ1) is 7.27. The van der Waals surface area contributed by atoms with Crippen LogP contribution in [0, 0.1) is 3.57 Å². The molecule has 15 heavy (non-hydrogen) atoms. The number of rotatable bonds is 2. The summed E-state index contributed by atoms with van der Waals surface area (Å²) in [5.41, 5.74) is 0.626. The van der Waals surface area contributed by atoms with Gasteiger partial charge in [0.1, 0.15) is 0 Å². The second kappa shape index (κ2) is 4.39. The largest absolute Gasteiger partial charge is 0.304 e. The number of halogens is 1. The van der Waals surface area contributed by atoms with E-state index >= 15 is 0 Å². The van der Waals surface area contributed by atoms with Gasteiger partial charge in [-0.25, -0.2) is 0 Å². The maximum Gasteiger partial charge on any atom is 0.257 e. The number of aromatic amines is 1. The van der Waals surface area contributed by atoms with Gasteiger partial charge >= 0.3 is 0 Å². The molecule has 2 N–H and O–H groups in total. The summed E-state index contributed by atoms with van der Waals surface area (Å²) in [6.45, 7) is 0. The molecule has 0 bridgehead atoms. The number of benzene rings is 1. The zero-order valence-corrected chi connectivity index (χ0v) is 9.72. The summed E-state index contributed by atoms with van der Waals surface area (Å²) in [5.74, 6) is 0.230. The Morgan fingerprint density at radius 1 is 1.40 bits per heavy atom. The van der Waals surface area contributed by atoms with Crippen LogP contribution in [0.1, 0.15) is 10.4 Å². The van der Waals surface area contributed by atoms with Gasteiger partial charge in [0.05, 0.1) is 11.8 Å². The van der Waals surface area contributed by atoms with E-state index in [-0.39, 0.29) is 5.91 Å². The van der Waals surface area contributed by atoms with Gasteiger partial charge in [-0.2, -0.15) is 10.3 Å². The summed E-state index contributed by atoms with van der Waals surface area (Å²) in [7, 11) is 0. The quantitative estimate of drug-likeness (QED) is 0.828. The number of aromatic nitrogens is 3. The van der Waals surface area contributed by atoms with Crippen LogP contribution in [-0.4, -0.2) is 21.3 Å². The number of nitrogens with zero attached hydrogens (tertiary/aromatic N) is 2. The van der Waals surface area contributed by atoms with Crippen LogP contribution in [0.3, 0.4) is 0 Å². The highest BCUT2D eigenvalue weighted by atomic mass is 127. The molecular formula is C9H7IN4O. The Morgan fingerprint density at radius 2 is 2.20 bits per heavy atom. The van der Waals surface area contributed by atoms with Crippen molar-refractivity contribution < 1.29 is 4.79 Å². The van der Waals surface area contributed by atoms with Crippen LogP contribution in [0.15, 0.2) is 30.5 Å². The molecule has 0 radical (unpaired) electrons. The van der Waals surface area contributed by atoms with Crippen molar-refractivity contribution in [2.75, 3.05) is 5.32 Å². The maximum atomic E-state index is 11.7. The minimum Gasteiger partial charge on any atom is -0.304 e. The normalized spacial score (nSPS) is 9.93. The lowest BCUT2D eigenvalue weighted by molar-refractivity contribution is 0.102. The van der Waals surface area contributed by atoms with E-state index in [2.05, 4.69) is 43.3 Å². The van der Waals surface area contributed by atoms with E-state index in [0.29, 0.717) is 11.4 Å². The van der Waals surface area contributed by atoms with Crippen LogP contribution in [0.5, 0.6) is 0 Å². The molecule has 76 valence electrons. The Labute approximate surface area is 99.4 Å². The lowest BCUT2D eigenvalue weighted by atomic mass is 10.2. The third kappa shape index (κ3) is 2.32. The average Bonchev–Trinajstić information content (AvgIpc) is 2.71. The summed E-state index contributed by atoms with van der Waals surface area (Å²) >= 11 is 2.11. The molecule has 2 rings (SSSR count). The van der Waals surface area contributed by atoms with Gasteiger partial charge in [-0.05, 0) is 34.7 Å². The van der Waals surface area contributed by atoms with Crippen molar-refractivity contribution in [3.05, 3.63) is 39.6 Å². The molecule has 0 saturated carbocycles. The first-order valence-electron chi connectivity index (χ1n) is 4.19. The first kappa shape index (κ1) is 10.1. The third-order valence-electron chi connectivity index (χ3n) is 1.78. The lowest BCUT2D eigenvalue weighted by Crippen LogP contribution is -2.13. The smallest absolute Gasteiger partial charge is 0.257 e. The predicted molar refractivity (Wildman–Crippen MR) is 63.5 cm³/mol. The van der Waals surface area contributed by atoms with E-state index in [4.69, 9.17) is 0 Å². The van der Waals surface area contributed by atoms with Crippen LogP contribution in [0.4, 0.5) is 5.82 Å². The fourth-order valence-corrected chi connectivity index (χ4v) is 1.72.